The van der Waals surface area contributed by atoms with Crippen LogP contribution in [0.1, 0.15) is 0 Å². The van der Waals surface area contributed by atoms with Gasteiger partial charge in [-0.1, -0.05) is 133 Å². The van der Waals surface area contributed by atoms with Crippen LogP contribution in [0.4, 0.5) is 34.5 Å². The Bertz CT molecular complexity index is 2920. The zero-order valence-corrected chi connectivity index (χ0v) is 32.4. The number of thiophene rings is 2. The highest BCUT2D eigenvalue weighted by Crippen LogP contribution is 2.46. The second-order valence-electron chi connectivity index (χ2n) is 14.2. The number of anilines is 6. The van der Waals surface area contributed by atoms with Gasteiger partial charge >= 0.3 is 0 Å². The van der Waals surface area contributed by atoms with Gasteiger partial charge in [0.15, 0.2) is 0 Å². The zero-order valence-electron chi connectivity index (χ0n) is 30.7. The zero-order chi connectivity index (χ0) is 37.7. The van der Waals surface area contributed by atoms with Gasteiger partial charge in [-0.05, 0) is 93.3 Å². The highest BCUT2D eigenvalue weighted by molar-refractivity contribution is 7.22. The van der Waals surface area contributed by atoms with Crippen molar-refractivity contribution in [3.8, 4) is 20.9 Å². The number of benzene rings is 8. The first-order valence-electron chi connectivity index (χ1n) is 19.1. The summed E-state index contributed by atoms with van der Waals surface area (Å²) >= 11 is 3.65. The number of fused-ring (bicyclic) bond motifs is 4. The Hall–Kier alpha value is -6.92. The molecule has 0 radical (unpaired) electrons. The lowest BCUT2D eigenvalue weighted by Gasteiger charge is -2.26. The standard InChI is InChI=1S/C52H34N2OS2/c1-5-17-43-35(11-1)15-9-19-45(43)53(41-27-23-37(24-28-41)49-33-39-13-3-7-21-47(39)56-49)51-31-32-52(55-51)54(46-20-10-16-36-12-2-6-18-44(36)46)42-29-25-38(26-30-42)50-34-40-14-4-8-22-48(40)57-50/h1-34H. The van der Waals surface area contributed by atoms with Crippen LogP contribution in [0, 0.1) is 0 Å². The molecule has 0 saturated carbocycles. The number of nitrogens with zero attached hydrogens (tertiary/aromatic N) is 2. The molecule has 8 aromatic carbocycles. The van der Waals surface area contributed by atoms with E-state index in [9.17, 15) is 0 Å². The van der Waals surface area contributed by atoms with Gasteiger partial charge < -0.3 is 4.42 Å². The maximum absolute atomic E-state index is 7.09. The lowest BCUT2D eigenvalue weighted by Crippen LogP contribution is -2.11. The SMILES string of the molecule is c1ccc2sc(-c3ccc(N(c4ccc(N(c5ccc(-c6cc7ccccc7s6)cc5)c5cccc6ccccc56)o4)c4cccc5ccccc45)cc3)cc2c1. The molecule has 0 fully saturated rings. The predicted octanol–water partition coefficient (Wildman–Crippen LogP) is 16.3. The maximum atomic E-state index is 7.09. The van der Waals surface area contributed by atoms with Crippen molar-refractivity contribution >= 4 is 98.9 Å². The fourth-order valence-corrected chi connectivity index (χ4v) is 10.1. The monoisotopic (exact) mass is 766 g/mol. The molecule has 5 heteroatoms. The Morgan fingerprint density at radius 1 is 0.333 bits per heavy atom. The predicted molar refractivity (Wildman–Crippen MR) is 245 cm³/mol. The molecule has 0 bridgehead atoms. The van der Waals surface area contributed by atoms with E-state index in [1.54, 1.807) is 0 Å². The molecule has 0 aliphatic carbocycles. The van der Waals surface area contributed by atoms with E-state index in [0.717, 1.165) is 45.3 Å². The van der Waals surface area contributed by atoms with Gasteiger partial charge in [-0.3, -0.25) is 9.80 Å². The van der Waals surface area contributed by atoms with Crippen LogP contribution in [-0.2, 0) is 0 Å². The number of hydrogen-bond donors (Lipinski definition) is 0. The fraction of sp³-hybridized carbons (Fsp3) is 0. The average Bonchev–Trinajstić information content (AvgIpc) is 4.04. The molecule has 270 valence electrons. The normalized spacial score (nSPS) is 11.5. The van der Waals surface area contributed by atoms with Crippen LogP contribution in [-0.4, -0.2) is 0 Å². The summed E-state index contributed by atoms with van der Waals surface area (Å²) in [5.41, 5.74) is 6.52. The van der Waals surface area contributed by atoms with E-state index in [1.165, 1.54) is 51.8 Å². The van der Waals surface area contributed by atoms with E-state index in [2.05, 4.69) is 216 Å². The van der Waals surface area contributed by atoms with E-state index >= 15 is 0 Å². The minimum atomic E-state index is 0.725. The highest BCUT2D eigenvalue weighted by atomic mass is 32.1. The Morgan fingerprint density at radius 3 is 1.16 bits per heavy atom. The van der Waals surface area contributed by atoms with Crippen molar-refractivity contribution in [2.75, 3.05) is 9.80 Å². The van der Waals surface area contributed by atoms with E-state index in [4.69, 9.17) is 4.42 Å². The van der Waals surface area contributed by atoms with E-state index in [1.807, 2.05) is 22.7 Å². The minimum Gasteiger partial charge on any atom is -0.424 e. The molecule has 57 heavy (non-hydrogen) atoms. The molecule has 0 spiro atoms. The number of rotatable bonds is 8. The Labute approximate surface area is 338 Å². The Balaban J connectivity index is 1.04. The molecule has 0 N–H and O–H groups in total. The molecular weight excluding hydrogens is 733 g/mol. The second kappa shape index (κ2) is 14.0. The van der Waals surface area contributed by atoms with Crippen molar-refractivity contribution < 1.29 is 4.42 Å². The average molecular weight is 767 g/mol. The first-order chi connectivity index (χ1) is 28.2. The van der Waals surface area contributed by atoms with Crippen molar-refractivity contribution in [3.05, 3.63) is 206 Å². The van der Waals surface area contributed by atoms with Crippen molar-refractivity contribution in [2.24, 2.45) is 0 Å². The minimum absolute atomic E-state index is 0.725. The summed E-state index contributed by atoms with van der Waals surface area (Å²) in [6, 6.07) is 73.7. The molecule has 11 aromatic rings. The quantitative estimate of drug-likeness (QED) is 0.154. The summed E-state index contributed by atoms with van der Waals surface area (Å²) in [6.45, 7) is 0. The van der Waals surface area contributed by atoms with Gasteiger partial charge in [-0.2, -0.15) is 0 Å². The number of hydrogen-bond acceptors (Lipinski definition) is 5. The highest BCUT2D eigenvalue weighted by Gasteiger charge is 2.23. The second-order valence-corrected chi connectivity index (χ2v) is 16.3. The molecule has 0 aliphatic rings. The van der Waals surface area contributed by atoms with Gasteiger partial charge in [-0.15, -0.1) is 22.7 Å². The third kappa shape index (κ3) is 6.05. The molecule has 0 unspecified atom stereocenters. The summed E-state index contributed by atoms with van der Waals surface area (Å²) in [6.07, 6.45) is 0. The van der Waals surface area contributed by atoms with Crippen LogP contribution in [0.2, 0.25) is 0 Å². The van der Waals surface area contributed by atoms with Gasteiger partial charge in [0.2, 0.25) is 11.8 Å². The lowest BCUT2D eigenvalue weighted by atomic mass is 10.1. The van der Waals surface area contributed by atoms with Crippen LogP contribution in [0.5, 0.6) is 0 Å². The smallest absolute Gasteiger partial charge is 0.207 e. The fourth-order valence-electron chi connectivity index (χ4n) is 7.93. The molecule has 0 amide bonds. The third-order valence-electron chi connectivity index (χ3n) is 10.7. The van der Waals surface area contributed by atoms with Gasteiger partial charge in [0.25, 0.3) is 0 Å². The van der Waals surface area contributed by atoms with Crippen molar-refractivity contribution in [3.63, 3.8) is 0 Å². The maximum Gasteiger partial charge on any atom is 0.207 e. The van der Waals surface area contributed by atoms with Crippen molar-refractivity contribution in [1.82, 2.24) is 0 Å². The van der Waals surface area contributed by atoms with Crippen LogP contribution < -0.4 is 9.80 Å². The largest absolute Gasteiger partial charge is 0.424 e. The van der Waals surface area contributed by atoms with E-state index in [0.29, 0.717) is 0 Å². The van der Waals surface area contributed by atoms with Crippen LogP contribution in [0.15, 0.2) is 211 Å². The molecule has 0 saturated heterocycles. The summed E-state index contributed by atoms with van der Waals surface area (Å²) in [4.78, 5) is 6.99. The van der Waals surface area contributed by atoms with Gasteiger partial charge in [0, 0.05) is 53.4 Å². The first-order valence-corrected chi connectivity index (χ1v) is 20.7. The molecule has 11 rings (SSSR count). The summed E-state index contributed by atoms with van der Waals surface area (Å²) in [5, 5.41) is 7.18. The molecule has 3 heterocycles. The molecule has 0 aliphatic heterocycles. The molecule has 3 aromatic heterocycles. The van der Waals surface area contributed by atoms with E-state index in [-0.39, 0.29) is 0 Å². The molecule has 0 atom stereocenters. The first kappa shape index (κ1) is 33.4. The van der Waals surface area contributed by atoms with Crippen molar-refractivity contribution in [1.29, 1.82) is 0 Å². The lowest BCUT2D eigenvalue weighted by molar-refractivity contribution is 0.580. The third-order valence-corrected chi connectivity index (χ3v) is 13.0. The Kier molecular flexibility index (Phi) is 8.20. The number of furan rings is 1. The summed E-state index contributed by atoms with van der Waals surface area (Å²) in [5.74, 6) is 1.45. The summed E-state index contributed by atoms with van der Waals surface area (Å²) in [7, 11) is 0. The topological polar surface area (TPSA) is 19.6 Å². The molecular formula is C52H34N2OS2. The van der Waals surface area contributed by atoms with Crippen LogP contribution in [0.3, 0.4) is 0 Å². The van der Waals surface area contributed by atoms with Crippen LogP contribution >= 0.6 is 22.7 Å². The van der Waals surface area contributed by atoms with Crippen LogP contribution in [0.25, 0.3) is 62.6 Å². The van der Waals surface area contributed by atoms with Gasteiger partial charge in [0.1, 0.15) is 0 Å². The van der Waals surface area contributed by atoms with Gasteiger partial charge in [0.05, 0.1) is 11.4 Å². The van der Waals surface area contributed by atoms with Crippen molar-refractivity contribution in [2.45, 2.75) is 0 Å². The summed E-state index contributed by atoms with van der Waals surface area (Å²) < 4.78 is 9.68. The van der Waals surface area contributed by atoms with E-state index < -0.39 is 0 Å². The molecule has 3 nitrogen and oxygen atoms in total. The van der Waals surface area contributed by atoms with Gasteiger partial charge in [-0.25, -0.2) is 0 Å². The Morgan fingerprint density at radius 2 is 0.719 bits per heavy atom.